The summed E-state index contributed by atoms with van der Waals surface area (Å²) in [5.41, 5.74) is 5.34. The summed E-state index contributed by atoms with van der Waals surface area (Å²) in [7, 11) is 0. The summed E-state index contributed by atoms with van der Waals surface area (Å²) in [4.78, 5) is 25.6. The van der Waals surface area contributed by atoms with Gasteiger partial charge in [-0.05, 0) is 0 Å². The second-order valence-corrected chi connectivity index (χ2v) is 5.60. The highest BCUT2D eigenvalue weighted by atomic mass is 32.2. The Labute approximate surface area is 90.3 Å². The van der Waals surface area contributed by atoms with Crippen LogP contribution in [0.4, 0.5) is 0 Å². The van der Waals surface area contributed by atoms with Gasteiger partial charge < -0.3 is 5.73 Å². The van der Waals surface area contributed by atoms with E-state index in [2.05, 4.69) is 0 Å². The molecule has 2 N–H and O–H groups in total. The fraction of sp³-hybridized carbons (Fsp3) is 0.500. The van der Waals surface area contributed by atoms with Crippen LogP contribution in [0.5, 0.6) is 0 Å². The number of nitrogens with zero attached hydrogens (tertiary/aromatic N) is 1. The van der Waals surface area contributed by atoms with Crippen LogP contribution in [0.2, 0.25) is 0 Å². The molecule has 0 saturated heterocycles. The van der Waals surface area contributed by atoms with Crippen molar-refractivity contribution in [3.8, 4) is 0 Å². The molecule has 0 aliphatic carbocycles. The lowest BCUT2D eigenvalue weighted by atomic mass is 10.5. The van der Waals surface area contributed by atoms with Crippen LogP contribution in [-0.4, -0.2) is 34.4 Å². The monoisotopic (exact) mass is 230 g/mol. The number of thioether (sulfide) groups is 2. The topological polar surface area (TPSA) is 63.4 Å². The molecule has 0 aromatic heterocycles. The van der Waals surface area contributed by atoms with Crippen LogP contribution in [0, 0.1) is 0 Å². The summed E-state index contributed by atoms with van der Waals surface area (Å²) in [6.45, 7) is 2.02. The molecule has 0 radical (unpaired) electrons. The molecule has 0 bridgehead atoms. The fourth-order valence-corrected chi connectivity index (χ4v) is 3.82. The first kappa shape index (κ1) is 10.1. The van der Waals surface area contributed by atoms with Crippen molar-refractivity contribution < 1.29 is 9.59 Å². The third-order valence-electron chi connectivity index (χ3n) is 2.05. The van der Waals surface area contributed by atoms with Crippen LogP contribution >= 0.6 is 23.5 Å². The molecule has 2 amide bonds. The van der Waals surface area contributed by atoms with Gasteiger partial charge in [-0.15, -0.1) is 23.5 Å². The van der Waals surface area contributed by atoms with E-state index in [9.17, 15) is 9.59 Å². The molecule has 1 atom stereocenters. The summed E-state index contributed by atoms with van der Waals surface area (Å²) in [6.07, 6.45) is 0. The SMILES string of the molecule is CC1CSC2=C(S1)C(=O)N(CN)C2=O. The molecule has 2 heterocycles. The predicted octanol–water partition coefficient (Wildman–Crippen LogP) is 0.352. The molecule has 0 saturated carbocycles. The Kier molecular flexibility index (Phi) is 2.59. The molecule has 76 valence electrons. The van der Waals surface area contributed by atoms with Gasteiger partial charge in [-0.3, -0.25) is 14.5 Å². The lowest BCUT2D eigenvalue weighted by Gasteiger charge is -2.15. The van der Waals surface area contributed by atoms with E-state index in [0.29, 0.717) is 15.1 Å². The first-order valence-electron chi connectivity index (χ1n) is 4.25. The lowest BCUT2D eigenvalue weighted by molar-refractivity contribution is -0.136. The summed E-state index contributed by atoms with van der Waals surface area (Å²) < 4.78 is 0. The van der Waals surface area contributed by atoms with Crippen molar-refractivity contribution in [2.45, 2.75) is 12.2 Å². The number of amides is 2. The maximum absolute atomic E-state index is 11.7. The molecule has 0 aromatic rings. The van der Waals surface area contributed by atoms with Crippen molar-refractivity contribution in [1.29, 1.82) is 0 Å². The summed E-state index contributed by atoms with van der Waals surface area (Å²) >= 11 is 2.94. The van der Waals surface area contributed by atoms with Crippen LogP contribution in [0.1, 0.15) is 6.92 Å². The standard InChI is InChI=1S/C8H10N2O2S2/c1-4-2-13-5-6(14-4)8(12)10(3-9)7(5)11/h4H,2-3,9H2,1H3. The van der Waals surface area contributed by atoms with E-state index in [1.54, 1.807) is 0 Å². The number of rotatable bonds is 1. The Morgan fingerprint density at radius 1 is 1.43 bits per heavy atom. The molecule has 2 rings (SSSR count). The van der Waals surface area contributed by atoms with Gasteiger partial charge in [0.1, 0.15) is 0 Å². The molecular formula is C8H10N2O2S2. The van der Waals surface area contributed by atoms with Crippen LogP contribution in [0.3, 0.4) is 0 Å². The number of carbonyl (C=O) groups is 2. The highest BCUT2D eigenvalue weighted by Crippen LogP contribution is 2.43. The van der Waals surface area contributed by atoms with Crippen LogP contribution in [0.15, 0.2) is 9.81 Å². The van der Waals surface area contributed by atoms with E-state index in [-0.39, 0.29) is 18.5 Å². The van der Waals surface area contributed by atoms with Crippen molar-refractivity contribution in [2.24, 2.45) is 5.73 Å². The zero-order chi connectivity index (χ0) is 10.3. The Hall–Kier alpha value is -0.460. The quantitative estimate of drug-likeness (QED) is 0.659. The normalized spacial score (nSPS) is 27.3. The molecule has 0 fully saturated rings. The van der Waals surface area contributed by atoms with E-state index >= 15 is 0 Å². The van der Waals surface area contributed by atoms with Gasteiger partial charge in [0.15, 0.2) is 0 Å². The van der Waals surface area contributed by atoms with Gasteiger partial charge in [0.25, 0.3) is 11.8 Å². The second kappa shape index (κ2) is 3.60. The van der Waals surface area contributed by atoms with Crippen molar-refractivity contribution >= 4 is 35.3 Å². The van der Waals surface area contributed by atoms with E-state index in [1.165, 1.54) is 23.5 Å². The number of carbonyl (C=O) groups excluding carboxylic acids is 2. The highest BCUT2D eigenvalue weighted by Gasteiger charge is 2.40. The van der Waals surface area contributed by atoms with E-state index < -0.39 is 0 Å². The van der Waals surface area contributed by atoms with Gasteiger partial charge in [-0.25, -0.2) is 0 Å². The number of imide groups is 1. The molecule has 1 unspecified atom stereocenters. The maximum Gasteiger partial charge on any atom is 0.269 e. The first-order chi connectivity index (χ1) is 6.65. The Bertz CT molecular complexity index is 340. The molecule has 6 heteroatoms. The summed E-state index contributed by atoms with van der Waals surface area (Å²) in [5.74, 6) is 0.425. The van der Waals surface area contributed by atoms with Crippen molar-refractivity contribution in [3.63, 3.8) is 0 Å². The van der Waals surface area contributed by atoms with E-state index in [0.717, 1.165) is 10.7 Å². The first-order valence-corrected chi connectivity index (χ1v) is 6.11. The average Bonchev–Trinajstić information content (AvgIpc) is 2.39. The Morgan fingerprint density at radius 3 is 2.71 bits per heavy atom. The lowest BCUT2D eigenvalue weighted by Crippen LogP contribution is -2.36. The van der Waals surface area contributed by atoms with Crippen LogP contribution in [0.25, 0.3) is 0 Å². The smallest absolute Gasteiger partial charge is 0.269 e. The fourth-order valence-electron chi connectivity index (χ4n) is 1.36. The minimum Gasteiger partial charge on any atom is -0.313 e. The largest absolute Gasteiger partial charge is 0.313 e. The van der Waals surface area contributed by atoms with E-state index in [4.69, 9.17) is 5.73 Å². The van der Waals surface area contributed by atoms with Crippen molar-refractivity contribution in [2.75, 3.05) is 12.4 Å². The van der Waals surface area contributed by atoms with Crippen molar-refractivity contribution in [1.82, 2.24) is 4.90 Å². The third kappa shape index (κ3) is 1.37. The molecule has 4 nitrogen and oxygen atoms in total. The van der Waals surface area contributed by atoms with Gasteiger partial charge >= 0.3 is 0 Å². The molecular weight excluding hydrogens is 220 g/mol. The highest BCUT2D eigenvalue weighted by molar-refractivity contribution is 8.11. The Morgan fingerprint density at radius 2 is 2.07 bits per heavy atom. The second-order valence-electron chi connectivity index (χ2n) is 3.12. The summed E-state index contributed by atoms with van der Waals surface area (Å²) in [5, 5.41) is 0.383. The number of hydrogen-bond donors (Lipinski definition) is 1. The minimum atomic E-state index is -0.225. The van der Waals surface area contributed by atoms with Crippen LogP contribution < -0.4 is 5.73 Å². The third-order valence-corrected chi connectivity index (χ3v) is 4.91. The molecule has 2 aliphatic rings. The number of nitrogens with two attached hydrogens (primary N) is 1. The van der Waals surface area contributed by atoms with Gasteiger partial charge in [0.05, 0.1) is 16.5 Å². The summed E-state index contributed by atoms with van der Waals surface area (Å²) in [6, 6.07) is 0. The molecule has 0 aromatic carbocycles. The minimum absolute atomic E-state index is 0.0276. The zero-order valence-corrected chi connectivity index (χ0v) is 9.28. The molecule has 14 heavy (non-hydrogen) atoms. The predicted molar refractivity (Wildman–Crippen MR) is 57.4 cm³/mol. The van der Waals surface area contributed by atoms with Gasteiger partial charge in [0.2, 0.25) is 0 Å². The van der Waals surface area contributed by atoms with Gasteiger partial charge in [-0.1, -0.05) is 6.92 Å². The van der Waals surface area contributed by atoms with Gasteiger partial charge in [0, 0.05) is 11.0 Å². The molecule has 2 aliphatic heterocycles. The molecule has 0 spiro atoms. The zero-order valence-electron chi connectivity index (χ0n) is 7.65. The average molecular weight is 230 g/mol. The van der Waals surface area contributed by atoms with E-state index in [1.807, 2.05) is 6.92 Å². The van der Waals surface area contributed by atoms with Crippen molar-refractivity contribution in [3.05, 3.63) is 9.81 Å². The Balaban J connectivity index is 2.33. The maximum atomic E-state index is 11.7. The van der Waals surface area contributed by atoms with Gasteiger partial charge in [-0.2, -0.15) is 0 Å². The number of hydrogen-bond acceptors (Lipinski definition) is 5. The van der Waals surface area contributed by atoms with Crippen LogP contribution in [-0.2, 0) is 9.59 Å².